The molecule has 37 heavy (non-hydrogen) atoms. The molecule has 0 radical (unpaired) electrons. The summed E-state index contributed by atoms with van der Waals surface area (Å²) in [6.45, 7) is 2.66. The average molecular weight is 618 g/mol. The summed E-state index contributed by atoms with van der Waals surface area (Å²) in [7, 11) is 1.44. The lowest BCUT2D eigenvalue weighted by atomic mass is 10.1. The van der Waals surface area contributed by atoms with Crippen molar-refractivity contribution in [1.82, 2.24) is 9.99 Å². The number of carbonyl (C=O) groups is 2. The molecule has 1 aliphatic heterocycles. The van der Waals surface area contributed by atoms with Gasteiger partial charge in [-0.3, -0.25) is 19.7 Å². The molecular weight excluding hydrogens is 599 g/mol. The van der Waals surface area contributed by atoms with E-state index in [1.54, 1.807) is 36.4 Å². The first-order valence-corrected chi connectivity index (χ1v) is 11.7. The topological polar surface area (TPSA) is 143 Å². The fourth-order valence-corrected chi connectivity index (χ4v) is 3.79. The van der Waals surface area contributed by atoms with Gasteiger partial charge in [-0.1, -0.05) is 0 Å². The number of ether oxygens (including phenoxy) is 4. The first kappa shape index (κ1) is 25.8. The van der Waals surface area contributed by atoms with Crippen molar-refractivity contribution in [2.75, 3.05) is 7.11 Å². The molecule has 1 amide bonds. The SMILES string of the molecule is COc1cc(C2OC(c3ccc(I)c(OC(C)=O)c3)=NN2C(C)=O)ccc1Oc1ccc([N+](=O)[O-])cn1. The van der Waals surface area contributed by atoms with Crippen molar-refractivity contribution in [3.8, 4) is 23.1 Å². The average Bonchev–Trinajstić information content (AvgIpc) is 3.31. The molecule has 2 heterocycles. The van der Waals surface area contributed by atoms with E-state index in [1.807, 2.05) is 22.6 Å². The summed E-state index contributed by atoms with van der Waals surface area (Å²) in [5.41, 5.74) is 0.892. The second-order valence-corrected chi connectivity index (χ2v) is 8.76. The van der Waals surface area contributed by atoms with Crippen LogP contribution in [0.15, 0.2) is 59.8 Å². The van der Waals surface area contributed by atoms with Crippen LogP contribution in [-0.2, 0) is 14.3 Å². The lowest BCUT2D eigenvalue weighted by molar-refractivity contribution is -0.385. The minimum atomic E-state index is -0.899. The third kappa shape index (κ3) is 5.77. The third-order valence-electron chi connectivity index (χ3n) is 5.02. The number of pyridine rings is 1. The van der Waals surface area contributed by atoms with Gasteiger partial charge in [0.15, 0.2) is 11.5 Å². The van der Waals surface area contributed by atoms with Crippen molar-refractivity contribution in [2.24, 2.45) is 5.10 Å². The summed E-state index contributed by atoms with van der Waals surface area (Å²) in [5.74, 6) is 0.421. The summed E-state index contributed by atoms with van der Waals surface area (Å²) < 4.78 is 23.2. The van der Waals surface area contributed by atoms with Crippen LogP contribution in [0.3, 0.4) is 0 Å². The summed E-state index contributed by atoms with van der Waals surface area (Å²) in [4.78, 5) is 38.0. The van der Waals surface area contributed by atoms with Gasteiger partial charge in [0, 0.05) is 37.1 Å². The molecule has 12 nitrogen and oxygen atoms in total. The van der Waals surface area contributed by atoms with Gasteiger partial charge in [-0.25, -0.2) is 4.98 Å². The van der Waals surface area contributed by atoms with Crippen molar-refractivity contribution in [3.05, 3.63) is 79.5 Å². The molecule has 3 aromatic rings. The fourth-order valence-electron chi connectivity index (χ4n) is 3.35. The second kappa shape index (κ2) is 10.8. The highest BCUT2D eigenvalue weighted by molar-refractivity contribution is 14.1. The number of carbonyl (C=O) groups excluding carboxylic acids is 2. The van der Waals surface area contributed by atoms with Crippen LogP contribution in [0.25, 0.3) is 0 Å². The van der Waals surface area contributed by atoms with E-state index in [0.717, 1.165) is 9.77 Å². The maximum Gasteiger partial charge on any atom is 0.308 e. The number of methoxy groups -OCH3 is 1. The van der Waals surface area contributed by atoms with E-state index in [4.69, 9.17) is 18.9 Å². The zero-order valence-electron chi connectivity index (χ0n) is 19.7. The van der Waals surface area contributed by atoms with Crippen molar-refractivity contribution in [1.29, 1.82) is 0 Å². The molecule has 0 N–H and O–H groups in total. The molecule has 0 fully saturated rings. The fraction of sp³-hybridized carbons (Fsp3) is 0.167. The number of benzene rings is 2. The Balaban J connectivity index is 1.60. The van der Waals surface area contributed by atoms with Crippen LogP contribution in [0.2, 0.25) is 0 Å². The highest BCUT2D eigenvalue weighted by Crippen LogP contribution is 2.38. The second-order valence-electron chi connectivity index (χ2n) is 7.60. The van der Waals surface area contributed by atoms with E-state index in [1.165, 1.54) is 38.1 Å². The zero-order valence-corrected chi connectivity index (χ0v) is 21.9. The van der Waals surface area contributed by atoms with E-state index >= 15 is 0 Å². The zero-order chi connectivity index (χ0) is 26.7. The molecule has 0 bridgehead atoms. The normalized spacial score (nSPS) is 14.4. The van der Waals surface area contributed by atoms with Crippen molar-refractivity contribution in [2.45, 2.75) is 20.1 Å². The van der Waals surface area contributed by atoms with Gasteiger partial charge in [-0.2, -0.15) is 5.01 Å². The van der Waals surface area contributed by atoms with E-state index in [9.17, 15) is 19.7 Å². The van der Waals surface area contributed by atoms with Crippen LogP contribution in [-0.4, -0.2) is 39.8 Å². The number of halogens is 1. The van der Waals surface area contributed by atoms with Gasteiger partial charge in [0.05, 0.1) is 15.6 Å². The first-order chi connectivity index (χ1) is 17.7. The highest BCUT2D eigenvalue weighted by atomic mass is 127. The van der Waals surface area contributed by atoms with Crippen molar-refractivity contribution in [3.63, 3.8) is 0 Å². The summed E-state index contributed by atoms with van der Waals surface area (Å²) >= 11 is 2.04. The Hall–Kier alpha value is -4.27. The Morgan fingerprint density at radius 2 is 1.86 bits per heavy atom. The maximum atomic E-state index is 12.4. The van der Waals surface area contributed by atoms with Gasteiger partial charge >= 0.3 is 5.97 Å². The molecule has 0 spiro atoms. The van der Waals surface area contributed by atoms with Crippen LogP contribution in [0.5, 0.6) is 23.1 Å². The van der Waals surface area contributed by atoms with Crippen LogP contribution in [0.4, 0.5) is 5.69 Å². The molecule has 0 saturated heterocycles. The molecular formula is C24H19IN4O8. The Bertz CT molecular complexity index is 1410. The number of nitro groups is 1. The number of nitrogens with zero attached hydrogens (tertiary/aromatic N) is 4. The molecule has 13 heteroatoms. The maximum absolute atomic E-state index is 12.4. The lowest BCUT2D eigenvalue weighted by Gasteiger charge is -2.20. The highest BCUT2D eigenvalue weighted by Gasteiger charge is 2.34. The standard InChI is InChI=1S/C24H19IN4O8/c1-13(30)28-24(37-23(27-28)15-4-7-18(25)20(10-15)35-14(2)31)16-5-8-19(21(11-16)34-3)36-22-9-6-17(12-26-22)29(32)33/h4-12,24H,1-3H3. The quantitative estimate of drug-likeness (QED) is 0.122. The van der Waals surface area contributed by atoms with Crippen LogP contribution in [0, 0.1) is 13.7 Å². The smallest absolute Gasteiger partial charge is 0.308 e. The summed E-state index contributed by atoms with van der Waals surface area (Å²) in [6.07, 6.45) is 0.188. The first-order valence-electron chi connectivity index (χ1n) is 10.7. The van der Waals surface area contributed by atoms with Crippen molar-refractivity contribution >= 4 is 46.1 Å². The molecule has 0 saturated carbocycles. The molecule has 4 rings (SSSR count). The Labute approximate surface area is 224 Å². The van der Waals surface area contributed by atoms with Crippen LogP contribution in [0.1, 0.15) is 31.2 Å². The predicted molar refractivity (Wildman–Crippen MR) is 137 cm³/mol. The summed E-state index contributed by atoms with van der Waals surface area (Å²) in [6, 6.07) is 12.6. The van der Waals surface area contributed by atoms with Gasteiger partial charge in [-0.05, 0) is 59.0 Å². The molecule has 0 aliphatic carbocycles. The summed E-state index contributed by atoms with van der Waals surface area (Å²) in [5, 5.41) is 16.4. The minimum Gasteiger partial charge on any atom is -0.493 e. The van der Waals surface area contributed by atoms with E-state index in [2.05, 4.69) is 10.1 Å². The molecule has 1 aliphatic rings. The number of aromatic nitrogens is 1. The lowest BCUT2D eigenvalue weighted by Crippen LogP contribution is -2.25. The Morgan fingerprint density at radius 1 is 1.08 bits per heavy atom. The molecule has 1 atom stereocenters. The van der Waals surface area contributed by atoms with Crippen molar-refractivity contribution < 1.29 is 33.5 Å². The Morgan fingerprint density at radius 3 is 2.49 bits per heavy atom. The molecule has 190 valence electrons. The predicted octanol–water partition coefficient (Wildman–Crippen LogP) is 4.56. The van der Waals surface area contributed by atoms with Gasteiger partial charge < -0.3 is 18.9 Å². The minimum absolute atomic E-state index is 0.132. The molecule has 2 aromatic carbocycles. The van der Waals surface area contributed by atoms with E-state index < -0.39 is 17.1 Å². The van der Waals surface area contributed by atoms with Crippen LogP contribution >= 0.6 is 22.6 Å². The number of hydrogen-bond acceptors (Lipinski definition) is 10. The third-order valence-corrected chi connectivity index (χ3v) is 5.91. The van der Waals surface area contributed by atoms with Gasteiger partial charge in [0.2, 0.25) is 23.9 Å². The molecule has 1 aromatic heterocycles. The van der Waals surface area contributed by atoms with Gasteiger partial charge in [0.25, 0.3) is 5.69 Å². The number of hydrazone groups is 1. The van der Waals surface area contributed by atoms with Gasteiger partial charge in [0.1, 0.15) is 11.9 Å². The van der Waals surface area contributed by atoms with E-state index in [0.29, 0.717) is 28.4 Å². The number of esters is 1. The van der Waals surface area contributed by atoms with Gasteiger partial charge in [-0.15, -0.1) is 5.10 Å². The molecule has 1 unspecified atom stereocenters. The number of hydrogen-bond donors (Lipinski definition) is 0. The largest absolute Gasteiger partial charge is 0.493 e. The van der Waals surface area contributed by atoms with E-state index in [-0.39, 0.29) is 23.4 Å². The number of amides is 1. The van der Waals surface area contributed by atoms with Crippen LogP contribution < -0.4 is 14.2 Å². The Kier molecular flexibility index (Phi) is 7.52. The monoisotopic (exact) mass is 618 g/mol. The number of rotatable bonds is 7.